The van der Waals surface area contributed by atoms with Crippen LogP contribution < -0.4 is 16.4 Å². The van der Waals surface area contributed by atoms with Gasteiger partial charge in [0, 0.05) is 18.6 Å². The second-order valence-corrected chi connectivity index (χ2v) is 4.84. The largest absolute Gasteiger partial charge is 0.382 e. The van der Waals surface area contributed by atoms with Gasteiger partial charge < -0.3 is 16.4 Å². The van der Waals surface area contributed by atoms with Crippen LogP contribution in [-0.4, -0.2) is 28.6 Å². The molecule has 0 radical (unpaired) electrons. The molecule has 18 heavy (non-hydrogen) atoms. The van der Waals surface area contributed by atoms with Crippen LogP contribution in [0.4, 0.5) is 11.6 Å². The lowest BCUT2D eigenvalue weighted by Gasteiger charge is -2.37. The highest BCUT2D eigenvalue weighted by Gasteiger charge is 2.26. The summed E-state index contributed by atoms with van der Waals surface area (Å²) in [6, 6.07) is 0. The lowest BCUT2D eigenvalue weighted by molar-refractivity contribution is 0.363. The first-order chi connectivity index (χ1) is 8.48. The van der Waals surface area contributed by atoms with Crippen LogP contribution in [0, 0.1) is 6.92 Å². The van der Waals surface area contributed by atoms with Crippen molar-refractivity contribution in [2.45, 2.75) is 46.1 Å². The molecule has 2 rings (SSSR count). The number of anilines is 2. The number of nitrogen functional groups attached to an aromatic ring is 1. The van der Waals surface area contributed by atoms with Gasteiger partial charge >= 0.3 is 0 Å². The number of nitrogens with zero attached hydrogens (tertiary/aromatic N) is 3. The highest BCUT2D eigenvalue weighted by molar-refractivity contribution is 5.45. The maximum atomic E-state index is 6.08. The Labute approximate surface area is 110 Å². The van der Waals surface area contributed by atoms with E-state index < -0.39 is 0 Å². The second-order valence-electron chi connectivity index (χ2n) is 4.84. The average Bonchev–Trinajstić information content (AvgIpc) is 2.35. The average molecular weight is 251 g/mol. The Bertz CT molecular complexity index is 379. The number of hydrogen-bond acceptors (Lipinski definition) is 5. The van der Waals surface area contributed by atoms with Crippen LogP contribution in [0.15, 0.2) is 6.20 Å². The number of rotatable bonds is 1. The van der Waals surface area contributed by atoms with Gasteiger partial charge in [-0.25, -0.2) is 4.98 Å². The molecule has 0 amide bonds. The van der Waals surface area contributed by atoms with E-state index >= 15 is 0 Å². The van der Waals surface area contributed by atoms with E-state index in [9.17, 15) is 0 Å². The van der Waals surface area contributed by atoms with Crippen molar-refractivity contribution in [3.05, 3.63) is 11.9 Å². The fraction of sp³-hybridized carbons (Fsp3) is 0.692. The standard InChI is InChI=1S/C11H19N5.C2H6/c1-8-10(12)15-9(7-14-8)16-5-3-11(2,13)4-6-16;1-2/h7H,3-6,13H2,1-2H3,(H2,12,15);1-2H3. The van der Waals surface area contributed by atoms with Gasteiger partial charge in [-0.1, -0.05) is 13.8 Å². The van der Waals surface area contributed by atoms with Crippen LogP contribution in [0.25, 0.3) is 0 Å². The summed E-state index contributed by atoms with van der Waals surface area (Å²) in [5, 5.41) is 0. The van der Waals surface area contributed by atoms with Gasteiger partial charge in [0.2, 0.25) is 0 Å². The first-order valence-electron chi connectivity index (χ1n) is 6.61. The summed E-state index contributed by atoms with van der Waals surface area (Å²) >= 11 is 0. The molecule has 1 aliphatic heterocycles. The summed E-state index contributed by atoms with van der Waals surface area (Å²) < 4.78 is 0. The SMILES string of the molecule is CC.Cc1ncc(N2CCC(C)(N)CC2)nc1N. The highest BCUT2D eigenvalue weighted by atomic mass is 15.2. The molecular formula is C13H25N5. The zero-order chi connectivity index (χ0) is 13.8. The van der Waals surface area contributed by atoms with Crippen LogP contribution in [-0.2, 0) is 0 Å². The van der Waals surface area contributed by atoms with E-state index in [1.54, 1.807) is 6.20 Å². The Hall–Kier alpha value is -1.36. The number of aryl methyl sites for hydroxylation is 1. The Balaban J connectivity index is 0.000000771. The molecule has 5 heteroatoms. The molecule has 0 unspecified atom stereocenters. The number of hydrogen-bond donors (Lipinski definition) is 2. The molecule has 5 nitrogen and oxygen atoms in total. The molecule has 2 heterocycles. The normalized spacial score (nSPS) is 17.9. The van der Waals surface area contributed by atoms with Crippen LogP contribution in [0.5, 0.6) is 0 Å². The lowest BCUT2D eigenvalue weighted by Crippen LogP contribution is -2.48. The fourth-order valence-corrected chi connectivity index (χ4v) is 1.85. The minimum absolute atomic E-state index is 0.0415. The van der Waals surface area contributed by atoms with Crippen LogP contribution >= 0.6 is 0 Å². The molecule has 0 aromatic carbocycles. The van der Waals surface area contributed by atoms with Crippen molar-refractivity contribution >= 4 is 11.6 Å². The summed E-state index contributed by atoms with van der Waals surface area (Å²) in [6.07, 6.45) is 3.73. The van der Waals surface area contributed by atoms with Crippen molar-refractivity contribution in [2.24, 2.45) is 5.73 Å². The van der Waals surface area contributed by atoms with Gasteiger partial charge in [-0.2, -0.15) is 0 Å². The third-order valence-electron chi connectivity index (χ3n) is 3.21. The summed E-state index contributed by atoms with van der Waals surface area (Å²) in [4.78, 5) is 10.8. The Kier molecular flexibility index (Phi) is 4.90. The van der Waals surface area contributed by atoms with Crippen LogP contribution in [0.2, 0.25) is 0 Å². The molecule has 1 aliphatic rings. The van der Waals surface area contributed by atoms with Crippen LogP contribution in [0.3, 0.4) is 0 Å². The molecule has 4 N–H and O–H groups in total. The van der Waals surface area contributed by atoms with E-state index in [-0.39, 0.29) is 5.54 Å². The lowest BCUT2D eigenvalue weighted by atomic mass is 9.91. The van der Waals surface area contributed by atoms with E-state index in [4.69, 9.17) is 11.5 Å². The van der Waals surface area contributed by atoms with Gasteiger partial charge in [-0.3, -0.25) is 4.98 Å². The molecule has 0 bridgehead atoms. The monoisotopic (exact) mass is 251 g/mol. The van der Waals surface area contributed by atoms with Gasteiger partial charge in [0.15, 0.2) is 0 Å². The molecule has 1 aromatic heterocycles. The van der Waals surface area contributed by atoms with Gasteiger partial charge in [0.25, 0.3) is 0 Å². The molecule has 1 aromatic rings. The van der Waals surface area contributed by atoms with E-state index in [0.717, 1.165) is 37.4 Å². The summed E-state index contributed by atoms with van der Waals surface area (Å²) in [5.74, 6) is 1.37. The number of nitrogens with two attached hydrogens (primary N) is 2. The maximum Gasteiger partial charge on any atom is 0.149 e. The molecule has 0 spiro atoms. The van der Waals surface area contributed by atoms with E-state index in [0.29, 0.717) is 5.82 Å². The molecular weight excluding hydrogens is 226 g/mol. The van der Waals surface area contributed by atoms with Crippen molar-refractivity contribution in [1.82, 2.24) is 9.97 Å². The highest BCUT2D eigenvalue weighted by Crippen LogP contribution is 2.23. The number of aromatic nitrogens is 2. The minimum atomic E-state index is -0.0415. The Morgan fingerprint density at radius 2 is 1.83 bits per heavy atom. The predicted octanol–water partition coefficient (Wildman–Crippen LogP) is 1.71. The third kappa shape index (κ3) is 3.57. The molecule has 0 aliphatic carbocycles. The van der Waals surface area contributed by atoms with Gasteiger partial charge in [0.05, 0.1) is 11.9 Å². The van der Waals surface area contributed by atoms with Crippen molar-refractivity contribution in [3.8, 4) is 0 Å². The zero-order valence-corrected chi connectivity index (χ0v) is 11.9. The van der Waals surface area contributed by atoms with Gasteiger partial charge in [0.1, 0.15) is 11.6 Å². The van der Waals surface area contributed by atoms with E-state index in [2.05, 4.69) is 21.8 Å². The van der Waals surface area contributed by atoms with Gasteiger partial charge in [-0.15, -0.1) is 0 Å². The minimum Gasteiger partial charge on any atom is -0.382 e. The first-order valence-corrected chi connectivity index (χ1v) is 6.61. The van der Waals surface area contributed by atoms with E-state index in [1.807, 2.05) is 20.8 Å². The predicted molar refractivity (Wildman–Crippen MR) is 76.6 cm³/mol. The summed E-state index contributed by atoms with van der Waals surface area (Å²) in [7, 11) is 0. The van der Waals surface area contributed by atoms with Gasteiger partial charge in [-0.05, 0) is 26.7 Å². The van der Waals surface area contributed by atoms with Crippen molar-refractivity contribution in [1.29, 1.82) is 0 Å². The van der Waals surface area contributed by atoms with Crippen LogP contribution in [0.1, 0.15) is 39.3 Å². The Morgan fingerprint density at radius 3 is 2.33 bits per heavy atom. The quantitative estimate of drug-likeness (QED) is 0.794. The fourth-order valence-electron chi connectivity index (χ4n) is 1.85. The van der Waals surface area contributed by atoms with Crippen molar-refractivity contribution in [2.75, 3.05) is 23.7 Å². The first kappa shape index (κ1) is 14.7. The Morgan fingerprint density at radius 1 is 1.28 bits per heavy atom. The van der Waals surface area contributed by atoms with Crippen molar-refractivity contribution in [3.63, 3.8) is 0 Å². The topological polar surface area (TPSA) is 81.1 Å². The second kappa shape index (κ2) is 6.00. The maximum absolute atomic E-state index is 6.08. The smallest absolute Gasteiger partial charge is 0.149 e. The molecule has 1 saturated heterocycles. The third-order valence-corrected chi connectivity index (χ3v) is 3.21. The van der Waals surface area contributed by atoms with E-state index in [1.165, 1.54) is 0 Å². The summed E-state index contributed by atoms with van der Waals surface area (Å²) in [6.45, 7) is 9.80. The number of piperidine rings is 1. The molecule has 0 atom stereocenters. The molecule has 102 valence electrons. The van der Waals surface area contributed by atoms with Crippen molar-refractivity contribution < 1.29 is 0 Å². The molecule has 1 fully saturated rings. The zero-order valence-electron chi connectivity index (χ0n) is 11.9. The molecule has 0 saturated carbocycles. The summed E-state index contributed by atoms with van der Waals surface area (Å²) in [5.41, 5.74) is 12.6.